The van der Waals surface area contributed by atoms with Gasteiger partial charge in [0.15, 0.2) is 5.65 Å². The predicted molar refractivity (Wildman–Crippen MR) is 74.2 cm³/mol. The van der Waals surface area contributed by atoms with E-state index in [-0.39, 0.29) is 17.3 Å². The van der Waals surface area contributed by atoms with Crippen molar-refractivity contribution in [1.82, 2.24) is 19.1 Å². The molecule has 2 aromatic heterocycles. The van der Waals surface area contributed by atoms with Gasteiger partial charge in [0.05, 0.1) is 12.0 Å². The number of hydrogen-bond donors (Lipinski definition) is 1. The number of aromatic amines is 1. The van der Waals surface area contributed by atoms with Gasteiger partial charge in [0.1, 0.15) is 5.52 Å². The van der Waals surface area contributed by atoms with Crippen LogP contribution in [0.3, 0.4) is 0 Å². The summed E-state index contributed by atoms with van der Waals surface area (Å²) in [6.45, 7) is 0. The second kappa shape index (κ2) is 3.93. The summed E-state index contributed by atoms with van der Waals surface area (Å²) in [5.41, 5.74) is 0.868. The van der Waals surface area contributed by atoms with Gasteiger partial charge in [-0.25, -0.2) is 14.3 Å². The maximum Gasteiger partial charge on any atom is 0.337 e. The Hall–Kier alpha value is -2.63. The predicted octanol–water partition coefficient (Wildman–Crippen LogP) is 1.21. The molecule has 2 heterocycles. The highest BCUT2D eigenvalue weighted by atomic mass is 16.2. The monoisotopic (exact) mass is 268 g/mol. The second-order valence-electron chi connectivity index (χ2n) is 4.96. The lowest BCUT2D eigenvalue weighted by atomic mass is 10.3. The third kappa shape index (κ3) is 1.48. The summed E-state index contributed by atoms with van der Waals surface area (Å²) in [4.78, 5) is 32.0. The zero-order valence-corrected chi connectivity index (χ0v) is 10.6. The standard InChI is InChI=1S/C14H12N4O2/c19-13-11-12(16-8-15-11)17(9-4-2-1-3-5-9)14(20)18(13)10-6-7-10/h1-5,8,10H,6-7H2,(H,15,16). The van der Waals surface area contributed by atoms with Crippen molar-refractivity contribution in [1.29, 1.82) is 0 Å². The van der Waals surface area contributed by atoms with Crippen LogP contribution in [0.25, 0.3) is 16.9 Å². The molecule has 0 radical (unpaired) electrons. The van der Waals surface area contributed by atoms with Crippen LogP contribution in [-0.2, 0) is 0 Å². The Morgan fingerprint density at radius 3 is 2.60 bits per heavy atom. The van der Waals surface area contributed by atoms with Crippen molar-refractivity contribution in [2.24, 2.45) is 0 Å². The average Bonchev–Trinajstić information content (AvgIpc) is 3.17. The Balaban J connectivity index is 2.17. The van der Waals surface area contributed by atoms with Crippen LogP contribution in [0.5, 0.6) is 0 Å². The van der Waals surface area contributed by atoms with Gasteiger partial charge in [0.2, 0.25) is 0 Å². The molecule has 0 atom stereocenters. The minimum Gasteiger partial charge on any atom is -0.339 e. The molecule has 0 amide bonds. The average molecular weight is 268 g/mol. The lowest BCUT2D eigenvalue weighted by Crippen LogP contribution is -2.39. The summed E-state index contributed by atoms with van der Waals surface area (Å²) in [6.07, 6.45) is 3.20. The van der Waals surface area contributed by atoms with E-state index < -0.39 is 0 Å². The molecule has 20 heavy (non-hydrogen) atoms. The first-order chi connectivity index (χ1) is 9.77. The first-order valence-electron chi connectivity index (χ1n) is 6.53. The molecule has 4 rings (SSSR count). The number of rotatable bonds is 2. The summed E-state index contributed by atoms with van der Waals surface area (Å²) in [6, 6.07) is 9.28. The maximum atomic E-state index is 12.7. The van der Waals surface area contributed by atoms with Gasteiger partial charge in [-0.1, -0.05) is 18.2 Å². The molecule has 0 spiro atoms. The van der Waals surface area contributed by atoms with Crippen molar-refractivity contribution in [2.75, 3.05) is 0 Å². The molecule has 1 aromatic carbocycles. The summed E-state index contributed by atoms with van der Waals surface area (Å²) >= 11 is 0. The molecule has 0 aliphatic heterocycles. The summed E-state index contributed by atoms with van der Waals surface area (Å²) in [5.74, 6) is 0. The van der Waals surface area contributed by atoms with Crippen molar-refractivity contribution in [3.8, 4) is 5.69 Å². The van der Waals surface area contributed by atoms with Crippen LogP contribution >= 0.6 is 0 Å². The summed E-state index contributed by atoms with van der Waals surface area (Å²) in [7, 11) is 0. The van der Waals surface area contributed by atoms with E-state index in [0.29, 0.717) is 16.9 Å². The molecule has 6 nitrogen and oxygen atoms in total. The van der Waals surface area contributed by atoms with Gasteiger partial charge >= 0.3 is 5.69 Å². The van der Waals surface area contributed by atoms with Crippen molar-refractivity contribution < 1.29 is 0 Å². The van der Waals surface area contributed by atoms with Gasteiger partial charge in [0, 0.05) is 6.04 Å². The molecule has 6 heteroatoms. The molecule has 0 saturated heterocycles. The van der Waals surface area contributed by atoms with Gasteiger partial charge in [-0.15, -0.1) is 0 Å². The summed E-state index contributed by atoms with van der Waals surface area (Å²) < 4.78 is 2.83. The number of H-pyrrole nitrogens is 1. The van der Waals surface area contributed by atoms with Gasteiger partial charge < -0.3 is 4.98 Å². The van der Waals surface area contributed by atoms with E-state index in [2.05, 4.69) is 9.97 Å². The first-order valence-corrected chi connectivity index (χ1v) is 6.53. The molecule has 1 fully saturated rings. The minimum absolute atomic E-state index is 0.0256. The van der Waals surface area contributed by atoms with Crippen LogP contribution in [-0.4, -0.2) is 19.1 Å². The van der Waals surface area contributed by atoms with E-state index in [1.165, 1.54) is 15.5 Å². The number of fused-ring (bicyclic) bond motifs is 1. The largest absolute Gasteiger partial charge is 0.339 e. The highest BCUT2D eigenvalue weighted by Crippen LogP contribution is 2.32. The van der Waals surface area contributed by atoms with Gasteiger partial charge in [-0.2, -0.15) is 0 Å². The third-order valence-electron chi connectivity index (χ3n) is 3.59. The highest BCUT2D eigenvalue weighted by Gasteiger charge is 2.29. The minimum atomic E-state index is -0.316. The Bertz CT molecular complexity index is 900. The third-order valence-corrected chi connectivity index (χ3v) is 3.59. The fraction of sp³-hybridized carbons (Fsp3) is 0.214. The number of hydrogen-bond acceptors (Lipinski definition) is 3. The summed E-state index contributed by atoms with van der Waals surface area (Å²) in [5, 5.41) is 0. The van der Waals surface area contributed by atoms with Crippen LogP contribution in [0.15, 0.2) is 46.2 Å². The number of imidazole rings is 1. The molecule has 1 aliphatic rings. The lowest BCUT2D eigenvalue weighted by molar-refractivity contribution is 0.643. The Morgan fingerprint density at radius 2 is 1.90 bits per heavy atom. The zero-order chi connectivity index (χ0) is 13.7. The van der Waals surface area contributed by atoms with Crippen LogP contribution in [0.1, 0.15) is 18.9 Å². The van der Waals surface area contributed by atoms with Crippen molar-refractivity contribution in [3.05, 3.63) is 57.5 Å². The van der Waals surface area contributed by atoms with Crippen LogP contribution < -0.4 is 11.2 Å². The smallest absolute Gasteiger partial charge is 0.337 e. The van der Waals surface area contributed by atoms with Crippen molar-refractivity contribution >= 4 is 11.2 Å². The number of nitrogens with zero attached hydrogens (tertiary/aromatic N) is 3. The number of para-hydroxylation sites is 1. The molecular formula is C14H12N4O2. The number of nitrogens with one attached hydrogen (secondary N) is 1. The van der Waals surface area contributed by atoms with E-state index in [1.54, 1.807) is 0 Å². The number of aromatic nitrogens is 4. The van der Waals surface area contributed by atoms with Crippen molar-refractivity contribution in [2.45, 2.75) is 18.9 Å². The first kappa shape index (κ1) is 11.2. The van der Waals surface area contributed by atoms with E-state index in [9.17, 15) is 9.59 Å². The van der Waals surface area contributed by atoms with E-state index in [0.717, 1.165) is 12.8 Å². The normalized spacial score (nSPS) is 14.8. The van der Waals surface area contributed by atoms with E-state index in [1.807, 2.05) is 30.3 Å². The van der Waals surface area contributed by atoms with E-state index in [4.69, 9.17) is 0 Å². The van der Waals surface area contributed by atoms with Gasteiger partial charge in [0.25, 0.3) is 5.56 Å². The SMILES string of the molecule is O=c1c2[nH]cnc2n(-c2ccccc2)c(=O)n1C1CC1. The van der Waals surface area contributed by atoms with Gasteiger partial charge in [-0.05, 0) is 25.0 Å². The van der Waals surface area contributed by atoms with Crippen molar-refractivity contribution in [3.63, 3.8) is 0 Å². The molecule has 1 aliphatic carbocycles. The van der Waals surface area contributed by atoms with E-state index >= 15 is 0 Å². The maximum absolute atomic E-state index is 12.7. The molecule has 0 bridgehead atoms. The highest BCUT2D eigenvalue weighted by molar-refractivity contribution is 5.71. The lowest BCUT2D eigenvalue weighted by Gasteiger charge is -2.10. The fourth-order valence-electron chi connectivity index (χ4n) is 2.48. The molecule has 3 aromatic rings. The zero-order valence-electron chi connectivity index (χ0n) is 10.6. The topological polar surface area (TPSA) is 72.7 Å². The molecule has 1 N–H and O–H groups in total. The molecule has 0 unspecified atom stereocenters. The fourth-order valence-corrected chi connectivity index (χ4v) is 2.48. The van der Waals surface area contributed by atoms with Crippen LogP contribution in [0.4, 0.5) is 0 Å². The molecule has 1 saturated carbocycles. The molecule has 100 valence electrons. The quantitative estimate of drug-likeness (QED) is 0.759. The van der Waals surface area contributed by atoms with Crippen LogP contribution in [0.2, 0.25) is 0 Å². The van der Waals surface area contributed by atoms with Gasteiger partial charge in [-0.3, -0.25) is 9.36 Å². The molecular weight excluding hydrogens is 256 g/mol. The number of benzene rings is 1. The second-order valence-corrected chi connectivity index (χ2v) is 4.96. The Morgan fingerprint density at radius 1 is 1.15 bits per heavy atom. The van der Waals surface area contributed by atoms with Crippen LogP contribution in [0, 0.1) is 0 Å². The Kier molecular flexibility index (Phi) is 2.20. The Labute approximate surface area is 113 Å².